The molecular formula is C47H59N. The first-order chi connectivity index (χ1) is 22.7. The van der Waals surface area contributed by atoms with Crippen molar-refractivity contribution in [2.24, 2.45) is 10.8 Å². The van der Waals surface area contributed by atoms with Crippen LogP contribution < -0.4 is 4.90 Å². The molecule has 0 N–H and O–H groups in total. The van der Waals surface area contributed by atoms with Gasteiger partial charge in [0.2, 0.25) is 0 Å². The largest absolute Gasteiger partial charge is 0.335 e. The fourth-order valence-corrected chi connectivity index (χ4v) is 9.50. The lowest BCUT2D eigenvalue weighted by molar-refractivity contribution is 0.224. The molecule has 0 heterocycles. The third-order valence-corrected chi connectivity index (χ3v) is 12.6. The van der Waals surface area contributed by atoms with Gasteiger partial charge in [0.05, 0.1) is 5.69 Å². The highest BCUT2D eigenvalue weighted by Gasteiger charge is 2.41. The summed E-state index contributed by atoms with van der Waals surface area (Å²) < 4.78 is 0. The van der Waals surface area contributed by atoms with Crippen molar-refractivity contribution < 1.29 is 0 Å². The van der Waals surface area contributed by atoms with Crippen LogP contribution in [0.1, 0.15) is 148 Å². The molecule has 0 amide bonds. The Bertz CT molecular complexity index is 1780. The summed E-state index contributed by atoms with van der Waals surface area (Å²) in [7, 11) is 0. The van der Waals surface area contributed by atoms with Crippen LogP contribution in [0.15, 0.2) is 84.9 Å². The summed E-state index contributed by atoms with van der Waals surface area (Å²) in [5.74, 6) is 1.13. The van der Waals surface area contributed by atoms with Crippen molar-refractivity contribution in [3.63, 3.8) is 0 Å². The van der Waals surface area contributed by atoms with E-state index in [1.165, 1.54) is 96.1 Å². The summed E-state index contributed by atoms with van der Waals surface area (Å²) >= 11 is 0. The predicted molar refractivity (Wildman–Crippen MR) is 208 cm³/mol. The van der Waals surface area contributed by atoms with E-state index >= 15 is 0 Å². The van der Waals surface area contributed by atoms with Gasteiger partial charge < -0.3 is 4.90 Å². The average Bonchev–Trinajstić information content (AvgIpc) is 3.26. The number of hydrogen-bond acceptors (Lipinski definition) is 1. The normalized spacial score (nSPS) is 20.3. The van der Waals surface area contributed by atoms with E-state index in [0.717, 1.165) is 0 Å². The number of para-hydroxylation sites is 1. The molecule has 48 heavy (non-hydrogen) atoms. The van der Waals surface area contributed by atoms with Crippen molar-refractivity contribution >= 4 is 11.4 Å². The molecule has 0 aliphatic heterocycles. The van der Waals surface area contributed by atoms with E-state index in [0.29, 0.717) is 22.7 Å². The fourth-order valence-electron chi connectivity index (χ4n) is 9.50. The van der Waals surface area contributed by atoms with Crippen molar-refractivity contribution in [1.29, 1.82) is 0 Å². The first kappa shape index (κ1) is 33.2. The molecule has 1 nitrogen and oxygen atoms in total. The first-order valence-corrected chi connectivity index (χ1v) is 18.9. The summed E-state index contributed by atoms with van der Waals surface area (Å²) in [6.45, 7) is 22.1. The van der Waals surface area contributed by atoms with Crippen LogP contribution in [-0.2, 0) is 5.41 Å². The van der Waals surface area contributed by atoms with Crippen molar-refractivity contribution in [3.05, 3.63) is 107 Å². The van der Waals surface area contributed by atoms with Crippen molar-refractivity contribution in [1.82, 2.24) is 0 Å². The van der Waals surface area contributed by atoms with Gasteiger partial charge in [0.25, 0.3) is 0 Å². The summed E-state index contributed by atoms with van der Waals surface area (Å²) in [5, 5.41) is 0. The molecule has 0 aromatic heterocycles. The fraction of sp³-hybridized carbons (Fsp3) is 0.489. The van der Waals surface area contributed by atoms with E-state index in [1.54, 1.807) is 11.1 Å². The number of fused-ring (bicyclic) bond motifs is 3. The van der Waals surface area contributed by atoms with Crippen LogP contribution in [0.4, 0.5) is 11.4 Å². The molecule has 0 unspecified atom stereocenters. The minimum Gasteiger partial charge on any atom is -0.335 e. The standard InChI is InChI=1S/C47H59N/c1-44(2,3)48(43-35(32-16-11-10-12-17-32)19-15-20-36(43)33-22-26-45(4,5)27-23-33)42-31-39-37-18-13-14-21-40(37)47(8,9)41(39)30-38(42)34-24-28-46(6,7)29-25-34/h10-21,30-31,33-34H,22-29H2,1-9H3. The number of hydrogen-bond donors (Lipinski definition) is 0. The Hall–Kier alpha value is -3.32. The number of nitrogens with zero attached hydrogens (tertiary/aromatic N) is 1. The summed E-state index contributed by atoms with van der Waals surface area (Å²) in [6, 6.07) is 32.9. The highest BCUT2D eigenvalue weighted by atomic mass is 15.2. The Morgan fingerprint density at radius 1 is 0.542 bits per heavy atom. The number of rotatable bonds is 5. The van der Waals surface area contributed by atoms with Gasteiger partial charge in [0.1, 0.15) is 0 Å². The molecule has 252 valence electrons. The molecule has 2 fully saturated rings. The van der Waals surface area contributed by atoms with Crippen LogP contribution in [0.25, 0.3) is 22.3 Å². The summed E-state index contributed by atoms with van der Waals surface area (Å²) in [6.07, 6.45) is 10.2. The predicted octanol–water partition coefficient (Wildman–Crippen LogP) is 14.0. The van der Waals surface area contributed by atoms with Gasteiger partial charge in [0.15, 0.2) is 0 Å². The molecule has 3 aliphatic rings. The van der Waals surface area contributed by atoms with Crippen molar-refractivity contribution in [2.45, 2.75) is 136 Å². The van der Waals surface area contributed by atoms with Crippen LogP contribution in [0.5, 0.6) is 0 Å². The minimum absolute atomic E-state index is 0.0122. The second-order valence-corrected chi connectivity index (χ2v) is 18.6. The van der Waals surface area contributed by atoms with Gasteiger partial charge in [-0.15, -0.1) is 0 Å². The zero-order valence-corrected chi connectivity index (χ0v) is 31.3. The number of anilines is 2. The molecule has 0 bridgehead atoms. The summed E-state index contributed by atoms with van der Waals surface area (Å²) in [4.78, 5) is 2.81. The number of benzene rings is 4. The van der Waals surface area contributed by atoms with E-state index in [-0.39, 0.29) is 11.0 Å². The summed E-state index contributed by atoms with van der Waals surface area (Å²) in [5.41, 5.74) is 15.2. The van der Waals surface area contributed by atoms with E-state index < -0.39 is 0 Å². The molecule has 2 saturated carbocycles. The lowest BCUT2D eigenvalue weighted by atomic mass is 9.69. The Labute approximate surface area is 292 Å². The smallest absolute Gasteiger partial charge is 0.0530 e. The molecule has 0 radical (unpaired) electrons. The molecule has 0 saturated heterocycles. The van der Waals surface area contributed by atoms with Gasteiger partial charge >= 0.3 is 0 Å². The Morgan fingerprint density at radius 3 is 1.69 bits per heavy atom. The molecule has 3 aliphatic carbocycles. The SMILES string of the molecule is CC1(C)CCC(c2cc3c(cc2N(c2c(-c4ccccc4)cccc2C2CCC(C)(C)CC2)C(C)(C)C)-c2ccccc2C3(C)C)CC1. The molecular weight excluding hydrogens is 579 g/mol. The zero-order chi connectivity index (χ0) is 34.1. The van der Waals surface area contributed by atoms with E-state index in [2.05, 4.69) is 152 Å². The van der Waals surface area contributed by atoms with Crippen molar-refractivity contribution in [3.8, 4) is 22.3 Å². The van der Waals surface area contributed by atoms with Gasteiger partial charge in [0, 0.05) is 22.2 Å². The first-order valence-electron chi connectivity index (χ1n) is 18.9. The van der Waals surface area contributed by atoms with Gasteiger partial charge in [-0.05, 0) is 140 Å². The zero-order valence-electron chi connectivity index (χ0n) is 31.3. The Morgan fingerprint density at radius 2 is 1.08 bits per heavy atom. The van der Waals surface area contributed by atoms with Crippen LogP contribution in [0, 0.1) is 10.8 Å². The van der Waals surface area contributed by atoms with Gasteiger partial charge in [-0.2, -0.15) is 0 Å². The topological polar surface area (TPSA) is 3.24 Å². The van der Waals surface area contributed by atoms with Gasteiger partial charge in [-0.1, -0.05) is 120 Å². The van der Waals surface area contributed by atoms with E-state index in [9.17, 15) is 0 Å². The lowest BCUT2D eigenvalue weighted by Gasteiger charge is -2.45. The highest BCUT2D eigenvalue weighted by Crippen LogP contribution is 2.56. The van der Waals surface area contributed by atoms with E-state index in [1.807, 2.05) is 0 Å². The molecule has 7 rings (SSSR count). The Kier molecular flexibility index (Phi) is 8.25. The van der Waals surface area contributed by atoms with Crippen LogP contribution in [0.3, 0.4) is 0 Å². The molecule has 4 aromatic rings. The van der Waals surface area contributed by atoms with Crippen LogP contribution in [0.2, 0.25) is 0 Å². The molecule has 1 heteroatoms. The molecule has 4 aromatic carbocycles. The van der Waals surface area contributed by atoms with Gasteiger partial charge in [-0.3, -0.25) is 0 Å². The molecule has 0 spiro atoms. The second kappa shape index (κ2) is 11.9. The molecule has 0 atom stereocenters. The minimum atomic E-state index is -0.141. The maximum atomic E-state index is 2.81. The maximum Gasteiger partial charge on any atom is 0.0530 e. The lowest BCUT2D eigenvalue weighted by Crippen LogP contribution is -2.40. The monoisotopic (exact) mass is 637 g/mol. The maximum absolute atomic E-state index is 2.81. The average molecular weight is 638 g/mol. The van der Waals surface area contributed by atoms with Gasteiger partial charge in [-0.25, -0.2) is 0 Å². The van der Waals surface area contributed by atoms with Crippen LogP contribution >= 0.6 is 0 Å². The Balaban J connectivity index is 1.51. The third kappa shape index (κ3) is 5.94. The van der Waals surface area contributed by atoms with Crippen molar-refractivity contribution in [2.75, 3.05) is 4.90 Å². The third-order valence-electron chi connectivity index (χ3n) is 12.6. The highest BCUT2D eigenvalue weighted by molar-refractivity contribution is 5.90. The second-order valence-electron chi connectivity index (χ2n) is 18.6. The van der Waals surface area contributed by atoms with Crippen LogP contribution in [-0.4, -0.2) is 5.54 Å². The quantitative estimate of drug-likeness (QED) is 0.210. The van der Waals surface area contributed by atoms with E-state index in [4.69, 9.17) is 0 Å².